The van der Waals surface area contributed by atoms with Gasteiger partial charge in [0.15, 0.2) is 0 Å². The number of hydrogen-bond acceptors (Lipinski definition) is 4. The largest absolute Gasteiger partial charge is 0.392 e. The van der Waals surface area contributed by atoms with Gasteiger partial charge in [0.2, 0.25) is 10.0 Å². The molecule has 0 radical (unpaired) electrons. The van der Waals surface area contributed by atoms with Crippen LogP contribution in [0, 0.1) is 0 Å². The Morgan fingerprint density at radius 1 is 1.62 bits per heavy atom. The molecule has 2 N–H and O–H groups in total. The highest BCUT2D eigenvalue weighted by atomic mass is 32.2. The predicted octanol–water partition coefficient (Wildman–Crippen LogP) is -0.819. The summed E-state index contributed by atoms with van der Waals surface area (Å²) in [5.41, 5.74) is 5.21. The normalized spacial score (nSPS) is 11.9. The summed E-state index contributed by atoms with van der Waals surface area (Å²) in [5, 5.41) is 0. The lowest BCUT2D eigenvalue weighted by atomic mass is 10.7. The highest BCUT2D eigenvalue weighted by Crippen LogP contribution is 1.97. The lowest BCUT2D eigenvalue weighted by Gasteiger charge is -2.15. The number of sulfonamides is 1. The molecule has 0 aromatic carbocycles. The van der Waals surface area contributed by atoms with E-state index in [0.29, 0.717) is 0 Å². The number of rotatable bonds is 6. The first-order valence-electron chi connectivity index (χ1n) is 3.61. The molecule has 0 aromatic rings. The zero-order valence-corrected chi connectivity index (χ0v) is 9.32. The molecule has 0 rings (SSSR count). The zero-order chi connectivity index (χ0) is 10.5. The summed E-state index contributed by atoms with van der Waals surface area (Å²) >= 11 is 4.59. The molecule has 13 heavy (non-hydrogen) atoms. The van der Waals surface area contributed by atoms with E-state index in [1.165, 1.54) is 14.2 Å². The SMILES string of the molecule is COCCS(=O)(=O)N(C)CC(N)=S. The molecule has 78 valence electrons. The van der Waals surface area contributed by atoms with E-state index in [2.05, 4.69) is 17.0 Å². The Hall–Kier alpha value is -0.240. The van der Waals surface area contributed by atoms with Crippen LogP contribution in [0.1, 0.15) is 0 Å². The molecule has 0 bridgehead atoms. The standard InChI is InChI=1S/C6H14N2O3S2/c1-8(5-6(7)12)13(9,10)4-3-11-2/h3-5H2,1-2H3,(H2,7,12). The lowest BCUT2D eigenvalue weighted by molar-refractivity contribution is 0.216. The van der Waals surface area contributed by atoms with Crippen LogP contribution in [-0.2, 0) is 14.8 Å². The fourth-order valence-electron chi connectivity index (χ4n) is 0.662. The number of thiocarbonyl (C=S) groups is 1. The first kappa shape index (κ1) is 12.8. The van der Waals surface area contributed by atoms with Crippen molar-refractivity contribution in [1.82, 2.24) is 4.31 Å². The van der Waals surface area contributed by atoms with Crippen molar-refractivity contribution < 1.29 is 13.2 Å². The number of nitrogens with zero attached hydrogens (tertiary/aromatic N) is 1. The molecule has 5 nitrogen and oxygen atoms in total. The van der Waals surface area contributed by atoms with Gasteiger partial charge in [-0.15, -0.1) is 0 Å². The molecule has 0 saturated carbocycles. The van der Waals surface area contributed by atoms with Crippen LogP contribution in [-0.4, -0.2) is 50.8 Å². The summed E-state index contributed by atoms with van der Waals surface area (Å²) in [4.78, 5) is 0.156. The van der Waals surface area contributed by atoms with Crippen molar-refractivity contribution >= 4 is 27.2 Å². The van der Waals surface area contributed by atoms with E-state index >= 15 is 0 Å². The van der Waals surface area contributed by atoms with Gasteiger partial charge in [0.25, 0.3) is 0 Å². The van der Waals surface area contributed by atoms with Gasteiger partial charge in [-0.05, 0) is 0 Å². The Morgan fingerprint density at radius 3 is 2.54 bits per heavy atom. The molecule has 0 atom stereocenters. The molecular weight excluding hydrogens is 212 g/mol. The number of hydrogen-bond donors (Lipinski definition) is 1. The van der Waals surface area contributed by atoms with Crippen LogP contribution < -0.4 is 5.73 Å². The van der Waals surface area contributed by atoms with Gasteiger partial charge in [0.1, 0.15) is 0 Å². The van der Waals surface area contributed by atoms with Crippen LogP contribution >= 0.6 is 12.2 Å². The second-order valence-electron chi connectivity index (χ2n) is 2.53. The minimum absolute atomic E-state index is 0.0530. The van der Waals surface area contributed by atoms with E-state index < -0.39 is 10.0 Å². The monoisotopic (exact) mass is 226 g/mol. The first-order chi connectivity index (χ1) is 5.90. The minimum Gasteiger partial charge on any atom is -0.392 e. The molecule has 0 saturated heterocycles. The molecule has 0 unspecified atom stereocenters. The molecule has 7 heteroatoms. The van der Waals surface area contributed by atoms with Crippen LogP contribution in [0.5, 0.6) is 0 Å². The number of nitrogens with two attached hydrogens (primary N) is 1. The third-order valence-electron chi connectivity index (χ3n) is 1.40. The second-order valence-corrected chi connectivity index (χ2v) is 5.25. The van der Waals surface area contributed by atoms with E-state index in [1.54, 1.807) is 0 Å². The Bertz CT molecular complexity index is 263. The fourth-order valence-corrected chi connectivity index (χ4v) is 1.96. The third-order valence-corrected chi connectivity index (χ3v) is 3.29. The van der Waals surface area contributed by atoms with Crippen molar-refractivity contribution in [2.75, 3.05) is 33.1 Å². The average Bonchev–Trinajstić information content (AvgIpc) is 1.99. The van der Waals surface area contributed by atoms with Crippen molar-refractivity contribution in [3.05, 3.63) is 0 Å². The molecule has 0 aromatic heterocycles. The molecule has 0 heterocycles. The van der Waals surface area contributed by atoms with Crippen LogP contribution in [0.2, 0.25) is 0 Å². The van der Waals surface area contributed by atoms with E-state index in [4.69, 9.17) is 5.73 Å². The maximum absolute atomic E-state index is 11.4. The fraction of sp³-hybridized carbons (Fsp3) is 0.833. The second kappa shape index (κ2) is 5.48. The van der Waals surface area contributed by atoms with Crippen LogP contribution in [0.25, 0.3) is 0 Å². The Labute approximate surface area is 83.9 Å². The van der Waals surface area contributed by atoms with Gasteiger partial charge in [-0.2, -0.15) is 4.31 Å². The Kier molecular flexibility index (Phi) is 5.38. The van der Waals surface area contributed by atoms with Gasteiger partial charge in [0, 0.05) is 14.2 Å². The van der Waals surface area contributed by atoms with Gasteiger partial charge in [-0.1, -0.05) is 12.2 Å². The molecular formula is C6H14N2O3S2. The van der Waals surface area contributed by atoms with Gasteiger partial charge in [0.05, 0.1) is 23.9 Å². The molecule has 0 spiro atoms. The van der Waals surface area contributed by atoms with Crippen molar-refractivity contribution in [2.45, 2.75) is 0 Å². The van der Waals surface area contributed by atoms with E-state index in [-0.39, 0.29) is 23.9 Å². The summed E-state index contributed by atoms with van der Waals surface area (Å²) in [6, 6.07) is 0. The molecule has 0 aliphatic heterocycles. The van der Waals surface area contributed by atoms with Crippen molar-refractivity contribution in [2.24, 2.45) is 5.73 Å². The third kappa shape index (κ3) is 5.14. The Balaban J connectivity index is 4.20. The van der Waals surface area contributed by atoms with Crippen LogP contribution in [0.4, 0.5) is 0 Å². The van der Waals surface area contributed by atoms with E-state index in [0.717, 1.165) is 4.31 Å². The van der Waals surface area contributed by atoms with Crippen molar-refractivity contribution in [3.8, 4) is 0 Å². The average molecular weight is 226 g/mol. The number of methoxy groups -OCH3 is 1. The lowest BCUT2D eigenvalue weighted by Crippen LogP contribution is -2.36. The van der Waals surface area contributed by atoms with Gasteiger partial charge < -0.3 is 10.5 Å². The maximum Gasteiger partial charge on any atom is 0.216 e. The minimum atomic E-state index is -3.28. The van der Waals surface area contributed by atoms with E-state index in [9.17, 15) is 8.42 Å². The highest BCUT2D eigenvalue weighted by Gasteiger charge is 2.17. The summed E-state index contributed by atoms with van der Waals surface area (Å²) in [6.45, 7) is 0.241. The molecule has 0 aliphatic rings. The van der Waals surface area contributed by atoms with Crippen LogP contribution in [0.3, 0.4) is 0 Å². The first-order valence-corrected chi connectivity index (χ1v) is 5.63. The highest BCUT2D eigenvalue weighted by molar-refractivity contribution is 7.89. The topological polar surface area (TPSA) is 72.6 Å². The molecule has 0 amide bonds. The van der Waals surface area contributed by atoms with Crippen molar-refractivity contribution in [1.29, 1.82) is 0 Å². The predicted molar refractivity (Wildman–Crippen MR) is 55.1 cm³/mol. The maximum atomic E-state index is 11.4. The summed E-state index contributed by atoms with van der Waals surface area (Å²) in [5.74, 6) is -0.0530. The smallest absolute Gasteiger partial charge is 0.216 e. The van der Waals surface area contributed by atoms with Crippen molar-refractivity contribution in [3.63, 3.8) is 0 Å². The van der Waals surface area contributed by atoms with Gasteiger partial charge in [-0.3, -0.25) is 0 Å². The summed E-state index contributed by atoms with van der Waals surface area (Å²) in [6.07, 6.45) is 0. The number of likely N-dealkylation sites (N-methyl/N-ethyl adjacent to an activating group) is 1. The molecule has 0 aliphatic carbocycles. The summed E-state index contributed by atoms with van der Waals surface area (Å²) in [7, 11) is -0.394. The van der Waals surface area contributed by atoms with Gasteiger partial charge in [-0.25, -0.2) is 8.42 Å². The van der Waals surface area contributed by atoms with Crippen LogP contribution in [0.15, 0.2) is 0 Å². The Morgan fingerprint density at radius 2 is 2.15 bits per heavy atom. The van der Waals surface area contributed by atoms with Gasteiger partial charge >= 0.3 is 0 Å². The zero-order valence-electron chi connectivity index (χ0n) is 7.69. The number of ether oxygens (including phenoxy) is 1. The summed E-state index contributed by atoms with van der Waals surface area (Å²) < 4.78 is 28.5. The quantitative estimate of drug-likeness (QED) is 0.599. The molecule has 0 fully saturated rings. The van der Waals surface area contributed by atoms with E-state index in [1.807, 2.05) is 0 Å².